The Bertz CT molecular complexity index is 197. The van der Waals surface area contributed by atoms with E-state index in [0.717, 1.165) is 6.42 Å². The largest absolute Gasteiger partial charge is 0.0842 e. The van der Waals surface area contributed by atoms with Crippen LogP contribution in [0.25, 0.3) is 6.08 Å². The molecule has 0 atom stereocenters. The Morgan fingerprint density at radius 3 is 2.00 bits per heavy atom. The summed E-state index contributed by atoms with van der Waals surface area (Å²) in [5.74, 6) is 0. The average Bonchev–Trinajstić information content (AvgIpc) is 2.03. The highest BCUT2D eigenvalue weighted by molar-refractivity contribution is 5.48. The van der Waals surface area contributed by atoms with E-state index < -0.39 is 0 Å². The molecule has 0 fully saturated rings. The Hall–Kier alpha value is -1.04. The lowest BCUT2D eigenvalue weighted by Gasteiger charge is -1.88. The number of rotatable bonds is 2. The summed E-state index contributed by atoms with van der Waals surface area (Å²) in [4.78, 5) is 0. The Morgan fingerprint density at radius 2 is 1.54 bits per heavy atom. The van der Waals surface area contributed by atoms with E-state index in [1.165, 1.54) is 5.56 Å². The van der Waals surface area contributed by atoms with Gasteiger partial charge in [0.15, 0.2) is 0 Å². The third kappa shape index (κ3) is 7.32. The van der Waals surface area contributed by atoms with Crippen LogP contribution in [0.1, 0.15) is 41.2 Å². The quantitative estimate of drug-likeness (QED) is 0.599. The molecule has 1 aromatic carbocycles. The highest BCUT2D eigenvalue weighted by Gasteiger charge is 1.78. The van der Waals surface area contributed by atoms with Gasteiger partial charge < -0.3 is 0 Å². The lowest BCUT2D eigenvalue weighted by molar-refractivity contribution is 1.23. The third-order valence-electron chi connectivity index (χ3n) is 1.35. The Balaban J connectivity index is -0.000000333. The zero-order valence-electron chi connectivity index (χ0n) is 6.25. The predicted molar refractivity (Wildman–Crippen MR) is 66.0 cm³/mol. The van der Waals surface area contributed by atoms with Crippen molar-refractivity contribution in [1.82, 2.24) is 0 Å². The van der Waals surface area contributed by atoms with Crippen LogP contribution in [0.2, 0.25) is 0 Å². The van der Waals surface area contributed by atoms with Crippen molar-refractivity contribution in [2.45, 2.75) is 35.6 Å². The number of allylic oxidation sites excluding steroid dienone is 1. The molecule has 0 aliphatic heterocycles. The van der Waals surface area contributed by atoms with Gasteiger partial charge in [-0.2, -0.15) is 0 Å². The van der Waals surface area contributed by atoms with Crippen molar-refractivity contribution >= 4 is 6.08 Å². The molecule has 0 nitrogen and oxygen atoms in total. The van der Waals surface area contributed by atoms with E-state index in [1.807, 2.05) is 6.07 Å². The van der Waals surface area contributed by atoms with Gasteiger partial charge in [-0.25, -0.2) is 0 Å². The van der Waals surface area contributed by atoms with Crippen LogP contribution in [0, 0.1) is 0 Å². The maximum absolute atomic E-state index is 2.16. The first-order valence-corrected chi connectivity index (χ1v) is 3.65. The number of hydrogen-bond acceptors (Lipinski definition) is 0. The SMILES string of the molecule is C.C.C.CC/C=C\c1ccccc1. The maximum Gasteiger partial charge on any atom is -0.0260 e. The summed E-state index contributed by atoms with van der Waals surface area (Å²) < 4.78 is 0. The van der Waals surface area contributed by atoms with Gasteiger partial charge in [0.2, 0.25) is 0 Å². The highest BCUT2D eigenvalue weighted by Crippen LogP contribution is 2.00. The maximum atomic E-state index is 2.16. The van der Waals surface area contributed by atoms with Crippen LogP contribution in [0.15, 0.2) is 36.4 Å². The van der Waals surface area contributed by atoms with Crippen molar-refractivity contribution in [2.24, 2.45) is 0 Å². The van der Waals surface area contributed by atoms with Gasteiger partial charge in [-0.05, 0) is 12.0 Å². The first-order chi connectivity index (χ1) is 4.93. The van der Waals surface area contributed by atoms with Crippen LogP contribution in [0.5, 0.6) is 0 Å². The fourth-order valence-corrected chi connectivity index (χ4v) is 0.818. The molecule has 0 bridgehead atoms. The Morgan fingerprint density at radius 1 is 1.00 bits per heavy atom. The minimum atomic E-state index is 0. The fourth-order valence-electron chi connectivity index (χ4n) is 0.818. The summed E-state index contributed by atoms with van der Waals surface area (Å²) in [7, 11) is 0. The molecule has 0 heteroatoms. The fraction of sp³-hybridized carbons (Fsp3) is 0.385. The molecule has 1 rings (SSSR count). The van der Waals surface area contributed by atoms with Gasteiger partial charge in [0.25, 0.3) is 0 Å². The van der Waals surface area contributed by atoms with Crippen LogP contribution in [0.4, 0.5) is 0 Å². The van der Waals surface area contributed by atoms with Crippen molar-refractivity contribution in [3.63, 3.8) is 0 Å². The smallest absolute Gasteiger partial charge is 0.0260 e. The minimum Gasteiger partial charge on any atom is -0.0842 e. The van der Waals surface area contributed by atoms with E-state index in [4.69, 9.17) is 0 Å². The van der Waals surface area contributed by atoms with Gasteiger partial charge in [0, 0.05) is 0 Å². The van der Waals surface area contributed by atoms with Crippen LogP contribution < -0.4 is 0 Å². The summed E-state index contributed by atoms with van der Waals surface area (Å²) in [6, 6.07) is 10.3. The van der Waals surface area contributed by atoms with Gasteiger partial charge >= 0.3 is 0 Å². The molecule has 0 radical (unpaired) electrons. The van der Waals surface area contributed by atoms with Crippen molar-refractivity contribution < 1.29 is 0 Å². The van der Waals surface area contributed by atoms with E-state index in [0.29, 0.717) is 0 Å². The summed E-state index contributed by atoms with van der Waals surface area (Å²) >= 11 is 0. The monoisotopic (exact) mass is 180 g/mol. The second-order valence-corrected chi connectivity index (χ2v) is 2.22. The van der Waals surface area contributed by atoms with E-state index >= 15 is 0 Å². The molecule has 0 N–H and O–H groups in total. The van der Waals surface area contributed by atoms with Gasteiger partial charge in [-0.15, -0.1) is 0 Å². The molecular formula is C13H24. The van der Waals surface area contributed by atoms with Gasteiger partial charge in [0.05, 0.1) is 0 Å². The van der Waals surface area contributed by atoms with Gasteiger partial charge in [-0.1, -0.05) is 71.7 Å². The molecule has 0 aliphatic carbocycles. The van der Waals surface area contributed by atoms with E-state index in [-0.39, 0.29) is 22.3 Å². The third-order valence-corrected chi connectivity index (χ3v) is 1.35. The molecule has 0 aromatic heterocycles. The summed E-state index contributed by atoms with van der Waals surface area (Å²) in [6.07, 6.45) is 5.41. The van der Waals surface area contributed by atoms with E-state index in [2.05, 4.69) is 43.3 Å². The lowest BCUT2D eigenvalue weighted by atomic mass is 10.2. The normalized spacial score (nSPS) is 8.08. The molecule has 0 aliphatic rings. The van der Waals surface area contributed by atoms with Gasteiger partial charge in [-0.3, -0.25) is 0 Å². The van der Waals surface area contributed by atoms with E-state index in [9.17, 15) is 0 Å². The van der Waals surface area contributed by atoms with Crippen LogP contribution in [-0.2, 0) is 0 Å². The molecule has 76 valence electrons. The molecule has 0 amide bonds. The first kappa shape index (κ1) is 17.9. The Kier molecular flexibility index (Phi) is 15.1. The van der Waals surface area contributed by atoms with Crippen molar-refractivity contribution in [2.75, 3.05) is 0 Å². The predicted octanol–water partition coefficient (Wildman–Crippen LogP) is 5.02. The molecule has 0 spiro atoms. The van der Waals surface area contributed by atoms with Crippen molar-refractivity contribution in [1.29, 1.82) is 0 Å². The van der Waals surface area contributed by atoms with E-state index in [1.54, 1.807) is 0 Å². The summed E-state index contributed by atoms with van der Waals surface area (Å²) in [5.41, 5.74) is 1.28. The standard InChI is InChI=1S/C10H12.3CH4/c1-2-3-7-10-8-5-4-6-9-10;;;/h3-9H,2H2,1H3;3*1H4/b7-3-;;;. The number of hydrogen-bond donors (Lipinski definition) is 0. The molecule has 0 saturated carbocycles. The van der Waals surface area contributed by atoms with Crippen molar-refractivity contribution in [3.05, 3.63) is 42.0 Å². The summed E-state index contributed by atoms with van der Waals surface area (Å²) in [5, 5.41) is 0. The molecule has 0 unspecified atom stereocenters. The van der Waals surface area contributed by atoms with Gasteiger partial charge in [0.1, 0.15) is 0 Å². The van der Waals surface area contributed by atoms with Crippen LogP contribution in [-0.4, -0.2) is 0 Å². The molecular weight excluding hydrogens is 156 g/mol. The number of benzene rings is 1. The highest BCUT2D eigenvalue weighted by atomic mass is 13.8. The minimum absolute atomic E-state index is 0. The Labute approximate surface area is 84.3 Å². The van der Waals surface area contributed by atoms with Crippen LogP contribution in [0.3, 0.4) is 0 Å². The molecule has 13 heavy (non-hydrogen) atoms. The summed E-state index contributed by atoms with van der Waals surface area (Å²) in [6.45, 7) is 2.14. The second-order valence-electron chi connectivity index (χ2n) is 2.22. The topological polar surface area (TPSA) is 0 Å². The molecule has 0 heterocycles. The lowest BCUT2D eigenvalue weighted by Crippen LogP contribution is -1.66. The zero-order chi connectivity index (χ0) is 7.23. The van der Waals surface area contributed by atoms with Crippen molar-refractivity contribution in [3.8, 4) is 0 Å². The molecule has 0 saturated heterocycles. The second kappa shape index (κ2) is 11.0. The zero-order valence-corrected chi connectivity index (χ0v) is 6.25. The average molecular weight is 180 g/mol. The molecule has 1 aromatic rings. The first-order valence-electron chi connectivity index (χ1n) is 3.65. The van der Waals surface area contributed by atoms with Crippen LogP contribution >= 0.6 is 0 Å².